The van der Waals surface area contributed by atoms with E-state index in [1.807, 2.05) is 0 Å². The van der Waals surface area contributed by atoms with E-state index in [-0.39, 0.29) is 0 Å². The molecule has 12 heavy (non-hydrogen) atoms. The van der Waals surface area contributed by atoms with Crippen LogP contribution in [-0.4, -0.2) is 24.1 Å². The maximum absolute atomic E-state index is 8.32. The van der Waals surface area contributed by atoms with Crippen molar-refractivity contribution >= 4 is 11.8 Å². The molecule has 0 spiro atoms. The van der Waals surface area contributed by atoms with Gasteiger partial charge in [0.15, 0.2) is 0 Å². The summed E-state index contributed by atoms with van der Waals surface area (Å²) in [6.07, 6.45) is 4.29. The van der Waals surface area contributed by atoms with Crippen LogP contribution in [0.2, 0.25) is 0 Å². The number of thioether (sulfide) groups is 1. The molecule has 1 aliphatic heterocycles. The Morgan fingerprint density at radius 3 is 2.83 bits per heavy atom. The second kappa shape index (κ2) is 6.33. The number of nitrogens with one attached hydrogen (secondary N) is 1. The summed E-state index contributed by atoms with van der Waals surface area (Å²) < 4.78 is 0. The molecule has 0 aromatic heterocycles. The Balaban J connectivity index is 1.95. The van der Waals surface area contributed by atoms with Crippen LogP contribution < -0.4 is 5.32 Å². The normalized spacial score (nSPS) is 18.9. The summed E-state index contributed by atoms with van der Waals surface area (Å²) in [6.45, 7) is 1.02. The summed E-state index contributed by atoms with van der Waals surface area (Å²) in [5, 5.41) is 11.8. The lowest BCUT2D eigenvalue weighted by molar-refractivity contribution is 0.479. The SMILES string of the molecule is N#CCCCNC1CCSCC1. The smallest absolute Gasteiger partial charge is 0.0622 e. The highest BCUT2D eigenvalue weighted by atomic mass is 32.2. The van der Waals surface area contributed by atoms with Crippen LogP contribution in [0.3, 0.4) is 0 Å². The predicted octanol–water partition coefficient (Wildman–Crippen LogP) is 1.78. The molecule has 1 saturated heterocycles. The van der Waals surface area contributed by atoms with Crippen LogP contribution in [0.5, 0.6) is 0 Å². The molecule has 1 aliphatic rings. The van der Waals surface area contributed by atoms with Crippen molar-refractivity contribution in [3.8, 4) is 6.07 Å². The number of nitriles is 1. The van der Waals surface area contributed by atoms with Crippen molar-refractivity contribution in [1.82, 2.24) is 5.32 Å². The highest BCUT2D eigenvalue weighted by Crippen LogP contribution is 2.16. The van der Waals surface area contributed by atoms with Gasteiger partial charge in [0, 0.05) is 12.5 Å². The van der Waals surface area contributed by atoms with E-state index in [1.54, 1.807) is 0 Å². The van der Waals surface area contributed by atoms with Crippen LogP contribution in [0, 0.1) is 11.3 Å². The largest absolute Gasteiger partial charge is 0.314 e. The third kappa shape index (κ3) is 3.99. The first-order chi connectivity index (χ1) is 5.93. The maximum Gasteiger partial charge on any atom is 0.0622 e. The van der Waals surface area contributed by atoms with Crippen molar-refractivity contribution in [2.45, 2.75) is 31.7 Å². The Morgan fingerprint density at radius 2 is 2.17 bits per heavy atom. The third-order valence-corrected chi connectivity index (χ3v) is 3.17. The van der Waals surface area contributed by atoms with Crippen molar-refractivity contribution in [2.75, 3.05) is 18.1 Å². The zero-order valence-corrected chi connectivity index (χ0v) is 8.20. The maximum atomic E-state index is 8.32. The summed E-state index contributed by atoms with van der Waals surface area (Å²) in [5.74, 6) is 2.60. The molecule has 0 aliphatic carbocycles. The monoisotopic (exact) mass is 184 g/mol. The van der Waals surface area contributed by atoms with Crippen molar-refractivity contribution in [1.29, 1.82) is 5.26 Å². The summed E-state index contributed by atoms with van der Waals surface area (Å²) >= 11 is 2.05. The molecule has 1 rings (SSSR count). The Morgan fingerprint density at radius 1 is 1.42 bits per heavy atom. The molecule has 0 aromatic carbocycles. The fourth-order valence-corrected chi connectivity index (χ4v) is 2.48. The van der Waals surface area contributed by atoms with Crippen LogP contribution in [-0.2, 0) is 0 Å². The Hall–Kier alpha value is -0.200. The van der Waals surface area contributed by atoms with Gasteiger partial charge < -0.3 is 5.32 Å². The van der Waals surface area contributed by atoms with Gasteiger partial charge in [0.05, 0.1) is 6.07 Å². The van der Waals surface area contributed by atoms with E-state index in [0.717, 1.165) is 19.0 Å². The summed E-state index contributed by atoms with van der Waals surface area (Å²) in [5.41, 5.74) is 0. The van der Waals surface area contributed by atoms with Gasteiger partial charge in [0.2, 0.25) is 0 Å². The lowest BCUT2D eigenvalue weighted by Gasteiger charge is -2.22. The molecule has 0 saturated carbocycles. The van der Waals surface area contributed by atoms with Gasteiger partial charge in [-0.3, -0.25) is 0 Å². The molecule has 0 radical (unpaired) electrons. The van der Waals surface area contributed by atoms with Crippen molar-refractivity contribution in [3.63, 3.8) is 0 Å². The van der Waals surface area contributed by atoms with E-state index in [2.05, 4.69) is 23.1 Å². The zero-order valence-electron chi connectivity index (χ0n) is 7.38. The molecule has 0 atom stereocenters. The number of nitrogens with zero attached hydrogens (tertiary/aromatic N) is 1. The van der Waals surface area contributed by atoms with Crippen molar-refractivity contribution in [3.05, 3.63) is 0 Å². The highest BCUT2D eigenvalue weighted by molar-refractivity contribution is 7.99. The van der Waals surface area contributed by atoms with Gasteiger partial charge in [0.1, 0.15) is 0 Å². The molecular weight excluding hydrogens is 168 g/mol. The van der Waals surface area contributed by atoms with Crippen molar-refractivity contribution in [2.24, 2.45) is 0 Å². The fraction of sp³-hybridized carbons (Fsp3) is 0.889. The minimum absolute atomic E-state index is 0.689. The fourth-order valence-electron chi connectivity index (χ4n) is 1.38. The molecule has 0 bridgehead atoms. The average molecular weight is 184 g/mol. The summed E-state index contributed by atoms with van der Waals surface area (Å²) in [6, 6.07) is 2.89. The van der Waals surface area contributed by atoms with Crippen LogP contribution >= 0.6 is 11.8 Å². The van der Waals surface area contributed by atoms with E-state index in [4.69, 9.17) is 5.26 Å². The Kier molecular flexibility index (Phi) is 5.21. The molecule has 1 N–H and O–H groups in total. The first-order valence-electron chi connectivity index (χ1n) is 4.61. The second-order valence-corrected chi connectivity index (χ2v) is 4.33. The van der Waals surface area contributed by atoms with Crippen LogP contribution in [0.1, 0.15) is 25.7 Å². The first-order valence-corrected chi connectivity index (χ1v) is 5.77. The highest BCUT2D eigenvalue weighted by Gasteiger charge is 2.11. The van der Waals surface area contributed by atoms with Gasteiger partial charge in [-0.05, 0) is 37.3 Å². The Bertz CT molecular complexity index is 147. The van der Waals surface area contributed by atoms with Gasteiger partial charge in [-0.2, -0.15) is 17.0 Å². The number of hydrogen-bond acceptors (Lipinski definition) is 3. The van der Waals surface area contributed by atoms with Crippen LogP contribution in [0.15, 0.2) is 0 Å². The lowest BCUT2D eigenvalue weighted by Crippen LogP contribution is -2.33. The minimum atomic E-state index is 0.689. The average Bonchev–Trinajstić information content (AvgIpc) is 2.14. The van der Waals surface area contributed by atoms with E-state index in [9.17, 15) is 0 Å². The van der Waals surface area contributed by atoms with E-state index >= 15 is 0 Å². The molecule has 68 valence electrons. The molecule has 3 heteroatoms. The molecular formula is C9H16N2S. The minimum Gasteiger partial charge on any atom is -0.314 e. The summed E-state index contributed by atoms with van der Waals surface area (Å²) in [4.78, 5) is 0. The van der Waals surface area contributed by atoms with Crippen LogP contribution in [0.25, 0.3) is 0 Å². The van der Waals surface area contributed by atoms with E-state index < -0.39 is 0 Å². The topological polar surface area (TPSA) is 35.8 Å². The molecule has 0 amide bonds. The number of rotatable bonds is 4. The standard InChI is InChI=1S/C9H16N2S/c10-5-1-2-6-11-9-3-7-12-8-4-9/h9,11H,1-4,6-8H2. The van der Waals surface area contributed by atoms with Gasteiger partial charge in [0.25, 0.3) is 0 Å². The molecule has 0 aromatic rings. The summed E-state index contributed by atoms with van der Waals surface area (Å²) in [7, 11) is 0. The number of hydrogen-bond donors (Lipinski definition) is 1. The van der Waals surface area contributed by atoms with Crippen molar-refractivity contribution < 1.29 is 0 Å². The molecule has 1 fully saturated rings. The second-order valence-electron chi connectivity index (χ2n) is 3.10. The molecule has 0 unspecified atom stereocenters. The van der Waals surface area contributed by atoms with E-state index in [1.165, 1.54) is 24.3 Å². The molecule has 1 heterocycles. The third-order valence-electron chi connectivity index (χ3n) is 2.12. The predicted molar refractivity (Wildman–Crippen MR) is 53.2 cm³/mol. The van der Waals surface area contributed by atoms with Gasteiger partial charge in [-0.15, -0.1) is 0 Å². The zero-order chi connectivity index (χ0) is 8.65. The van der Waals surface area contributed by atoms with Gasteiger partial charge >= 0.3 is 0 Å². The molecule has 2 nitrogen and oxygen atoms in total. The Labute approximate surface area is 78.7 Å². The quantitative estimate of drug-likeness (QED) is 0.676. The lowest BCUT2D eigenvalue weighted by atomic mass is 10.1. The van der Waals surface area contributed by atoms with Gasteiger partial charge in [-0.25, -0.2) is 0 Å². The number of unbranched alkanes of at least 4 members (excludes halogenated alkanes) is 1. The van der Waals surface area contributed by atoms with E-state index in [0.29, 0.717) is 6.42 Å². The first kappa shape index (κ1) is 9.88. The van der Waals surface area contributed by atoms with Crippen LogP contribution in [0.4, 0.5) is 0 Å². The van der Waals surface area contributed by atoms with Gasteiger partial charge in [-0.1, -0.05) is 0 Å².